The van der Waals surface area contributed by atoms with E-state index >= 15 is 0 Å². The van der Waals surface area contributed by atoms with Crippen LogP contribution in [0.4, 0.5) is 5.69 Å². The Morgan fingerprint density at radius 3 is 2.12 bits per heavy atom. The third-order valence-corrected chi connectivity index (χ3v) is 5.65. The monoisotopic (exact) mass is 470 g/mol. The number of hydrogen-bond acceptors (Lipinski definition) is 2. The van der Waals surface area contributed by atoms with Gasteiger partial charge in [-0.2, -0.15) is 0 Å². The Kier molecular flexibility index (Phi) is 12.7. The molecule has 0 aliphatic rings. The van der Waals surface area contributed by atoms with E-state index in [1.165, 1.54) is 37.7 Å². The number of rotatable bonds is 13. The summed E-state index contributed by atoms with van der Waals surface area (Å²) in [5.41, 5.74) is 3.50. The van der Waals surface area contributed by atoms with E-state index < -0.39 is 0 Å². The molecule has 0 bridgehead atoms. The summed E-state index contributed by atoms with van der Waals surface area (Å²) in [6.45, 7) is 5.71. The van der Waals surface area contributed by atoms with Crippen LogP contribution < -0.4 is 17.7 Å². The van der Waals surface area contributed by atoms with Crippen LogP contribution in [0.15, 0.2) is 54.6 Å². The molecule has 4 nitrogen and oxygen atoms in total. The molecule has 2 aromatic carbocycles. The van der Waals surface area contributed by atoms with Crippen molar-refractivity contribution in [2.75, 3.05) is 32.5 Å². The molecule has 2 aromatic rings. The van der Waals surface area contributed by atoms with E-state index in [0.29, 0.717) is 22.3 Å². The second kappa shape index (κ2) is 14.7. The highest BCUT2D eigenvalue weighted by Crippen LogP contribution is 2.13. The van der Waals surface area contributed by atoms with Gasteiger partial charge in [0.2, 0.25) is 0 Å². The Labute approximate surface area is 206 Å². The van der Waals surface area contributed by atoms with Gasteiger partial charge in [-0.3, -0.25) is 9.59 Å². The number of likely N-dealkylation sites (N-methyl/N-ethyl adjacent to an activating group) is 1. The average molecular weight is 471 g/mol. The maximum atomic E-state index is 12.5. The Hall–Kier alpha value is -2.43. The average Bonchev–Trinajstić information content (AvgIpc) is 2.75. The number of carbonyl (C=O) groups excluding carboxylic acids is 2. The number of halogens is 1. The van der Waals surface area contributed by atoms with Gasteiger partial charge >= 0.3 is 0 Å². The van der Waals surface area contributed by atoms with Crippen LogP contribution in [-0.2, 0) is 4.79 Å². The Balaban J connectivity index is 0.00000544. The predicted octanol–water partition coefficient (Wildman–Crippen LogP) is 3.27. The highest BCUT2D eigenvalue weighted by Gasteiger charge is 2.19. The predicted molar refractivity (Wildman–Crippen MR) is 135 cm³/mol. The molecule has 0 atom stereocenters. The molecule has 0 radical (unpaired) electrons. The van der Waals surface area contributed by atoms with Gasteiger partial charge in [0.1, 0.15) is 0 Å². The van der Waals surface area contributed by atoms with Crippen LogP contribution in [0.3, 0.4) is 0 Å². The maximum Gasteiger partial charge on any atom is 0.279 e. The van der Waals surface area contributed by atoms with E-state index in [0.717, 1.165) is 18.5 Å². The van der Waals surface area contributed by atoms with Crippen LogP contribution in [0.2, 0.25) is 0 Å². The number of benzene rings is 2. The van der Waals surface area contributed by atoms with Crippen molar-refractivity contribution in [2.45, 2.75) is 52.4 Å². The highest BCUT2D eigenvalue weighted by molar-refractivity contribution is 6.07. The molecule has 0 fully saturated rings. The quantitative estimate of drug-likeness (QED) is 0.211. The summed E-state index contributed by atoms with van der Waals surface area (Å²) in [5, 5.41) is 2.96. The third-order valence-electron chi connectivity index (χ3n) is 5.65. The number of quaternary nitrogens is 1. The smallest absolute Gasteiger partial charge is 0.279 e. The number of ketones is 1. The van der Waals surface area contributed by atoms with E-state index in [1.54, 1.807) is 30.3 Å². The molecule has 0 aliphatic carbocycles. The van der Waals surface area contributed by atoms with Crippen molar-refractivity contribution in [1.29, 1.82) is 0 Å². The number of allylic oxidation sites excluding steroid dienone is 1. The molecule has 180 valence electrons. The van der Waals surface area contributed by atoms with Gasteiger partial charge in [-0.05, 0) is 55.7 Å². The van der Waals surface area contributed by atoms with Crippen molar-refractivity contribution in [3.05, 3.63) is 71.3 Å². The largest absolute Gasteiger partial charge is 1.00 e. The topological polar surface area (TPSA) is 46.2 Å². The molecular formula is C28H39ClN2O2. The van der Waals surface area contributed by atoms with E-state index in [9.17, 15) is 9.59 Å². The van der Waals surface area contributed by atoms with Crippen molar-refractivity contribution in [3.63, 3.8) is 0 Å². The first kappa shape index (κ1) is 28.6. The first-order valence-corrected chi connectivity index (χ1v) is 11.8. The standard InChI is InChI=1S/C28H38N2O2.ClH/c1-5-6-7-8-9-10-21-30(3,4)22-28(32)29-26-18-16-25(17-19-26)27(31)20-15-24-13-11-23(2)12-14-24;/h11-20H,5-10,21-22H2,1-4H3;1H/b20-15+;. The fourth-order valence-corrected chi connectivity index (χ4v) is 3.65. The fraction of sp³-hybridized carbons (Fsp3) is 0.429. The summed E-state index contributed by atoms with van der Waals surface area (Å²) in [4.78, 5) is 24.9. The third kappa shape index (κ3) is 11.3. The van der Waals surface area contributed by atoms with Crippen molar-refractivity contribution >= 4 is 23.5 Å². The molecule has 0 heterocycles. The minimum atomic E-state index is -0.0554. The summed E-state index contributed by atoms with van der Waals surface area (Å²) >= 11 is 0. The van der Waals surface area contributed by atoms with Crippen molar-refractivity contribution in [2.24, 2.45) is 0 Å². The summed E-state index contributed by atoms with van der Waals surface area (Å²) in [5.74, 6) is -0.0560. The molecule has 1 N–H and O–H groups in total. The second-order valence-corrected chi connectivity index (χ2v) is 9.32. The maximum absolute atomic E-state index is 12.5. The number of unbranched alkanes of at least 4 members (excludes halogenated alkanes) is 5. The molecule has 1 amide bonds. The van der Waals surface area contributed by atoms with E-state index in [-0.39, 0.29) is 24.1 Å². The second-order valence-electron chi connectivity index (χ2n) is 9.32. The Morgan fingerprint density at radius 2 is 1.48 bits per heavy atom. The summed E-state index contributed by atoms with van der Waals surface area (Å²) in [6.07, 6.45) is 11.0. The highest BCUT2D eigenvalue weighted by atomic mass is 35.5. The molecule has 0 aromatic heterocycles. The molecule has 0 saturated heterocycles. The fourth-order valence-electron chi connectivity index (χ4n) is 3.65. The van der Waals surface area contributed by atoms with Crippen molar-refractivity contribution in [3.8, 4) is 0 Å². The first-order valence-electron chi connectivity index (χ1n) is 11.8. The Bertz CT molecular complexity index is 887. The van der Waals surface area contributed by atoms with Gasteiger partial charge in [-0.25, -0.2) is 0 Å². The van der Waals surface area contributed by atoms with Crippen LogP contribution in [0.25, 0.3) is 6.08 Å². The molecule has 0 unspecified atom stereocenters. The SMILES string of the molecule is CCCCCCCC[N+](C)(C)CC(=O)Nc1ccc(C(=O)/C=C/c2ccc(C)cc2)cc1.[Cl-]. The van der Waals surface area contributed by atoms with Gasteiger partial charge in [0, 0.05) is 11.3 Å². The zero-order chi connectivity index (χ0) is 23.4. The molecule has 33 heavy (non-hydrogen) atoms. The molecule has 2 rings (SSSR count). The van der Waals surface area contributed by atoms with Gasteiger partial charge in [0.15, 0.2) is 12.3 Å². The minimum absolute atomic E-state index is 0. The van der Waals surface area contributed by atoms with Crippen LogP contribution in [0.1, 0.15) is 66.9 Å². The zero-order valence-electron chi connectivity index (χ0n) is 20.6. The van der Waals surface area contributed by atoms with Gasteiger partial charge < -0.3 is 22.2 Å². The van der Waals surface area contributed by atoms with Gasteiger partial charge in [0.25, 0.3) is 5.91 Å². The number of aryl methyl sites for hydroxylation is 1. The van der Waals surface area contributed by atoms with Gasteiger partial charge in [-0.15, -0.1) is 0 Å². The molecule has 0 spiro atoms. The summed E-state index contributed by atoms with van der Waals surface area (Å²) < 4.78 is 0.681. The summed E-state index contributed by atoms with van der Waals surface area (Å²) in [6, 6.07) is 15.1. The normalized spacial score (nSPS) is 11.3. The summed E-state index contributed by atoms with van der Waals surface area (Å²) in [7, 11) is 4.21. The van der Waals surface area contributed by atoms with E-state index in [4.69, 9.17) is 0 Å². The number of carbonyl (C=O) groups is 2. The number of anilines is 1. The minimum Gasteiger partial charge on any atom is -1.00 e. The van der Waals surface area contributed by atoms with E-state index in [2.05, 4.69) is 26.3 Å². The zero-order valence-corrected chi connectivity index (χ0v) is 21.3. The lowest BCUT2D eigenvalue weighted by Crippen LogP contribution is -3.00. The molecule has 0 saturated carbocycles. The van der Waals surface area contributed by atoms with Crippen molar-refractivity contribution in [1.82, 2.24) is 0 Å². The van der Waals surface area contributed by atoms with Crippen LogP contribution in [0.5, 0.6) is 0 Å². The lowest BCUT2D eigenvalue weighted by atomic mass is 10.1. The van der Waals surface area contributed by atoms with Crippen LogP contribution in [-0.4, -0.2) is 43.4 Å². The molecule has 5 heteroatoms. The number of nitrogens with one attached hydrogen (secondary N) is 1. The number of hydrogen-bond donors (Lipinski definition) is 1. The molecular weight excluding hydrogens is 432 g/mol. The number of amides is 1. The van der Waals surface area contributed by atoms with Gasteiger partial charge in [0.05, 0.1) is 20.6 Å². The van der Waals surface area contributed by atoms with Gasteiger partial charge in [-0.1, -0.05) is 68.5 Å². The lowest BCUT2D eigenvalue weighted by molar-refractivity contribution is -0.882. The lowest BCUT2D eigenvalue weighted by Gasteiger charge is -2.29. The first-order chi connectivity index (χ1) is 15.3. The molecule has 0 aliphatic heterocycles. The van der Waals surface area contributed by atoms with Crippen LogP contribution in [0, 0.1) is 6.92 Å². The van der Waals surface area contributed by atoms with E-state index in [1.807, 2.05) is 37.3 Å². The number of nitrogens with zero attached hydrogens (tertiary/aromatic N) is 1. The van der Waals surface area contributed by atoms with Crippen LogP contribution >= 0.6 is 0 Å². The Morgan fingerprint density at radius 1 is 0.879 bits per heavy atom. The van der Waals surface area contributed by atoms with Crippen molar-refractivity contribution < 1.29 is 26.5 Å².